The maximum Gasteiger partial charge on any atom is 0.214 e. The molecule has 0 aliphatic carbocycles. The Hall–Kier alpha value is -1.42. The normalized spacial score (nSPS) is 11.4. The molecular weight excluding hydrogens is 276 g/mol. The third kappa shape index (κ3) is 5.70. The lowest BCUT2D eigenvalue weighted by Crippen LogP contribution is -2.36. The molecule has 1 aromatic rings. The molecule has 6 heteroatoms. The molecule has 0 atom stereocenters. The van der Waals surface area contributed by atoms with E-state index in [9.17, 15) is 8.42 Å². The van der Waals surface area contributed by atoms with Crippen LogP contribution in [0.4, 0.5) is 0 Å². The van der Waals surface area contributed by atoms with Crippen molar-refractivity contribution in [3.63, 3.8) is 0 Å². The van der Waals surface area contributed by atoms with Crippen LogP contribution in [-0.4, -0.2) is 45.3 Å². The van der Waals surface area contributed by atoms with E-state index in [1.807, 2.05) is 36.4 Å². The van der Waals surface area contributed by atoms with Crippen LogP contribution < -0.4 is 0 Å². The van der Waals surface area contributed by atoms with Gasteiger partial charge in [-0.1, -0.05) is 30.3 Å². The highest BCUT2D eigenvalue weighted by Crippen LogP contribution is 2.07. The molecule has 0 saturated heterocycles. The monoisotopic (exact) mass is 296 g/mol. The first kappa shape index (κ1) is 16.6. The van der Waals surface area contributed by atoms with E-state index in [4.69, 9.17) is 10.00 Å². The molecule has 0 saturated carbocycles. The lowest BCUT2D eigenvalue weighted by molar-refractivity contribution is 0.179. The van der Waals surface area contributed by atoms with Crippen LogP contribution in [0.3, 0.4) is 0 Å². The average Bonchev–Trinajstić information content (AvgIpc) is 2.46. The standard InChI is InChI=1S/C14H20N2O3S/c1-19-12-11-16(10-5-9-15)20(17,18)13-8-14-6-3-2-4-7-14/h2-4,6-7H,5,8,10-13H2,1H3. The molecule has 0 spiro atoms. The molecule has 0 aliphatic rings. The van der Waals surface area contributed by atoms with Gasteiger partial charge in [0.2, 0.25) is 10.0 Å². The van der Waals surface area contributed by atoms with E-state index < -0.39 is 10.0 Å². The minimum absolute atomic E-state index is 0.0478. The van der Waals surface area contributed by atoms with Gasteiger partial charge < -0.3 is 4.74 Å². The molecule has 0 heterocycles. The smallest absolute Gasteiger partial charge is 0.214 e. The Morgan fingerprint density at radius 2 is 1.95 bits per heavy atom. The van der Waals surface area contributed by atoms with Gasteiger partial charge in [0.15, 0.2) is 0 Å². The Bertz CT molecular complexity index is 523. The first-order chi connectivity index (χ1) is 9.60. The third-order valence-corrected chi connectivity index (χ3v) is 4.77. The van der Waals surface area contributed by atoms with Crippen molar-refractivity contribution in [2.24, 2.45) is 0 Å². The van der Waals surface area contributed by atoms with Gasteiger partial charge in [-0.25, -0.2) is 8.42 Å². The molecule has 5 nitrogen and oxygen atoms in total. The van der Waals surface area contributed by atoms with E-state index in [-0.39, 0.29) is 25.3 Å². The summed E-state index contributed by atoms with van der Waals surface area (Å²) in [7, 11) is -1.84. The van der Waals surface area contributed by atoms with Gasteiger partial charge in [0.25, 0.3) is 0 Å². The van der Waals surface area contributed by atoms with Crippen molar-refractivity contribution < 1.29 is 13.2 Å². The van der Waals surface area contributed by atoms with E-state index in [0.29, 0.717) is 13.0 Å². The fourth-order valence-electron chi connectivity index (χ4n) is 1.78. The summed E-state index contributed by atoms with van der Waals surface area (Å²) in [6, 6.07) is 11.5. The quantitative estimate of drug-likeness (QED) is 0.691. The molecule has 1 rings (SSSR count). The molecule has 0 aliphatic heterocycles. The molecule has 0 radical (unpaired) electrons. The summed E-state index contributed by atoms with van der Waals surface area (Å²) in [4.78, 5) is 0. The number of rotatable bonds is 9. The number of nitrogens with zero attached hydrogens (tertiary/aromatic N) is 2. The average molecular weight is 296 g/mol. The SMILES string of the molecule is COCCN(CCC#N)S(=O)(=O)CCc1ccccc1. The van der Waals surface area contributed by atoms with Gasteiger partial charge in [-0.15, -0.1) is 0 Å². The molecular formula is C14H20N2O3S. The Morgan fingerprint density at radius 3 is 2.55 bits per heavy atom. The van der Waals surface area contributed by atoms with Gasteiger partial charge in [0, 0.05) is 26.6 Å². The lowest BCUT2D eigenvalue weighted by Gasteiger charge is -2.20. The second-order valence-electron chi connectivity index (χ2n) is 4.35. The number of sulfonamides is 1. The molecule has 0 fully saturated rings. The summed E-state index contributed by atoms with van der Waals surface area (Å²) >= 11 is 0. The van der Waals surface area contributed by atoms with Crippen molar-refractivity contribution in [1.82, 2.24) is 4.31 Å². The molecule has 0 bridgehead atoms. The highest BCUT2D eigenvalue weighted by atomic mass is 32.2. The van der Waals surface area contributed by atoms with Crippen molar-refractivity contribution in [1.29, 1.82) is 5.26 Å². The zero-order chi connectivity index (χ0) is 14.8. The van der Waals surface area contributed by atoms with E-state index >= 15 is 0 Å². The summed E-state index contributed by atoms with van der Waals surface area (Å²) in [5.74, 6) is 0.0478. The summed E-state index contributed by atoms with van der Waals surface area (Å²) in [5.41, 5.74) is 0.989. The third-order valence-electron chi connectivity index (χ3n) is 2.90. The van der Waals surface area contributed by atoms with Crippen molar-refractivity contribution >= 4 is 10.0 Å². The predicted molar refractivity (Wildman–Crippen MR) is 77.6 cm³/mol. The minimum atomic E-state index is -3.36. The molecule has 20 heavy (non-hydrogen) atoms. The lowest BCUT2D eigenvalue weighted by atomic mass is 10.2. The summed E-state index contributed by atoms with van der Waals surface area (Å²) in [5, 5.41) is 8.61. The van der Waals surface area contributed by atoms with Crippen LogP contribution in [0.5, 0.6) is 0 Å². The predicted octanol–water partition coefficient (Wildman–Crippen LogP) is 1.42. The van der Waals surface area contributed by atoms with E-state index in [1.54, 1.807) is 0 Å². The van der Waals surface area contributed by atoms with Gasteiger partial charge in [0.1, 0.15) is 0 Å². The van der Waals surface area contributed by atoms with Gasteiger partial charge in [0.05, 0.1) is 18.4 Å². The highest BCUT2D eigenvalue weighted by Gasteiger charge is 2.21. The zero-order valence-electron chi connectivity index (χ0n) is 11.7. The van der Waals surface area contributed by atoms with Crippen LogP contribution in [0.2, 0.25) is 0 Å². The summed E-state index contributed by atoms with van der Waals surface area (Å²) in [6.07, 6.45) is 0.660. The molecule has 110 valence electrons. The number of benzene rings is 1. The van der Waals surface area contributed by atoms with Gasteiger partial charge in [-0.05, 0) is 12.0 Å². The second-order valence-corrected chi connectivity index (χ2v) is 6.44. The number of nitriles is 1. The van der Waals surface area contributed by atoms with Gasteiger partial charge >= 0.3 is 0 Å². The molecule has 0 N–H and O–H groups in total. The summed E-state index contributed by atoms with van der Waals surface area (Å²) in [6.45, 7) is 0.836. The molecule has 0 unspecified atom stereocenters. The first-order valence-corrected chi connectivity index (χ1v) is 8.08. The van der Waals surface area contributed by atoms with E-state index in [0.717, 1.165) is 5.56 Å². The van der Waals surface area contributed by atoms with Crippen LogP contribution >= 0.6 is 0 Å². The van der Waals surface area contributed by atoms with Gasteiger partial charge in [-0.2, -0.15) is 9.57 Å². The highest BCUT2D eigenvalue weighted by molar-refractivity contribution is 7.89. The van der Waals surface area contributed by atoms with Crippen molar-refractivity contribution in [2.45, 2.75) is 12.8 Å². The zero-order valence-corrected chi connectivity index (χ0v) is 12.5. The Kier molecular flexibility index (Phi) is 7.23. The first-order valence-electron chi connectivity index (χ1n) is 6.48. The number of hydrogen-bond donors (Lipinski definition) is 0. The van der Waals surface area contributed by atoms with Crippen molar-refractivity contribution in [3.05, 3.63) is 35.9 Å². The van der Waals surface area contributed by atoms with Crippen LogP contribution in [0.25, 0.3) is 0 Å². The Balaban J connectivity index is 2.64. The fraction of sp³-hybridized carbons (Fsp3) is 0.500. The topological polar surface area (TPSA) is 70.4 Å². The number of aryl methyl sites for hydroxylation is 1. The minimum Gasteiger partial charge on any atom is -0.383 e. The van der Waals surface area contributed by atoms with Crippen molar-refractivity contribution in [3.8, 4) is 6.07 Å². The van der Waals surface area contributed by atoms with Crippen LogP contribution in [-0.2, 0) is 21.2 Å². The number of methoxy groups -OCH3 is 1. The molecule has 0 aromatic heterocycles. The fourth-order valence-corrected chi connectivity index (χ4v) is 3.25. The van der Waals surface area contributed by atoms with Gasteiger partial charge in [-0.3, -0.25) is 0 Å². The largest absolute Gasteiger partial charge is 0.383 e. The van der Waals surface area contributed by atoms with Crippen LogP contribution in [0, 0.1) is 11.3 Å². The Morgan fingerprint density at radius 1 is 1.25 bits per heavy atom. The second kappa shape index (κ2) is 8.69. The number of hydrogen-bond acceptors (Lipinski definition) is 4. The Labute approximate surface area is 120 Å². The number of ether oxygens (including phenoxy) is 1. The maximum absolute atomic E-state index is 12.3. The molecule has 1 aromatic carbocycles. The van der Waals surface area contributed by atoms with Crippen LogP contribution in [0.1, 0.15) is 12.0 Å². The van der Waals surface area contributed by atoms with Crippen molar-refractivity contribution in [2.75, 3.05) is 32.6 Å². The van der Waals surface area contributed by atoms with Crippen LogP contribution in [0.15, 0.2) is 30.3 Å². The molecule has 0 amide bonds. The van der Waals surface area contributed by atoms with E-state index in [2.05, 4.69) is 0 Å². The summed E-state index contributed by atoms with van der Waals surface area (Å²) < 4.78 is 30.8. The maximum atomic E-state index is 12.3. The van der Waals surface area contributed by atoms with E-state index in [1.165, 1.54) is 11.4 Å².